The van der Waals surface area contributed by atoms with E-state index in [4.69, 9.17) is 23.2 Å². The normalized spacial score (nSPS) is 10.5. The van der Waals surface area contributed by atoms with Gasteiger partial charge < -0.3 is 0 Å². The first-order valence-electron chi connectivity index (χ1n) is 6.28. The molecule has 110 valence electrons. The van der Waals surface area contributed by atoms with Crippen molar-refractivity contribution in [1.29, 1.82) is 0 Å². The number of hydrogen-bond donors (Lipinski definition) is 1. The van der Waals surface area contributed by atoms with Crippen molar-refractivity contribution in [2.75, 3.05) is 5.32 Å². The molecule has 0 radical (unpaired) electrons. The van der Waals surface area contributed by atoms with E-state index in [2.05, 4.69) is 15.5 Å². The first-order chi connectivity index (χ1) is 10.6. The van der Waals surface area contributed by atoms with Crippen LogP contribution in [-0.4, -0.2) is 16.1 Å². The Bertz CT molecular complexity index is 800. The van der Waals surface area contributed by atoms with Crippen molar-refractivity contribution in [2.45, 2.75) is 0 Å². The molecule has 2 aromatic carbocycles. The van der Waals surface area contributed by atoms with E-state index in [1.807, 2.05) is 12.1 Å². The van der Waals surface area contributed by atoms with Gasteiger partial charge in [-0.05, 0) is 36.4 Å². The lowest BCUT2D eigenvalue weighted by molar-refractivity contribution is 0.102. The highest BCUT2D eigenvalue weighted by atomic mass is 35.5. The average molecular weight is 350 g/mol. The second-order valence-corrected chi connectivity index (χ2v) is 6.23. The number of halogens is 2. The summed E-state index contributed by atoms with van der Waals surface area (Å²) in [5.41, 5.74) is 1.40. The predicted octanol–water partition coefficient (Wildman–Crippen LogP) is 4.76. The number of amides is 1. The molecular weight excluding hydrogens is 341 g/mol. The van der Waals surface area contributed by atoms with Crippen LogP contribution in [0.2, 0.25) is 10.0 Å². The number of carbonyl (C=O) groups is 1. The number of rotatable bonds is 3. The van der Waals surface area contributed by atoms with Crippen LogP contribution in [0.4, 0.5) is 5.13 Å². The van der Waals surface area contributed by atoms with Crippen LogP contribution in [0.25, 0.3) is 10.6 Å². The molecule has 1 aromatic heterocycles. The maximum atomic E-state index is 12.1. The van der Waals surface area contributed by atoms with E-state index in [1.165, 1.54) is 11.3 Å². The molecule has 0 unspecified atom stereocenters. The largest absolute Gasteiger partial charge is 0.296 e. The molecule has 7 heteroatoms. The third-order valence-corrected chi connectivity index (χ3v) is 4.23. The number of hydrogen-bond acceptors (Lipinski definition) is 4. The topological polar surface area (TPSA) is 54.9 Å². The Morgan fingerprint density at radius 1 is 0.909 bits per heavy atom. The standard InChI is InChI=1S/C15H9Cl2N3OS/c16-11-5-1-9(2-6-11)13(21)18-15-20-19-14(22-15)10-3-7-12(17)8-4-10/h1-8H,(H,18,20,21). The monoisotopic (exact) mass is 349 g/mol. The molecule has 3 aromatic rings. The van der Waals surface area contributed by atoms with Crippen molar-refractivity contribution in [3.8, 4) is 10.6 Å². The van der Waals surface area contributed by atoms with Gasteiger partial charge in [-0.2, -0.15) is 0 Å². The van der Waals surface area contributed by atoms with Crippen molar-refractivity contribution in [3.63, 3.8) is 0 Å². The molecule has 0 atom stereocenters. The number of nitrogens with zero attached hydrogens (tertiary/aromatic N) is 2. The molecule has 0 saturated heterocycles. The van der Waals surface area contributed by atoms with Crippen LogP contribution in [0, 0.1) is 0 Å². The summed E-state index contributed by atoms with van der Waals surface area (Å²) >= 11 is 12.9. The van der Waals surface area contributed by atoms with E-state index < -0.39 is 0 Å². The number of benzene rings is 2. The van der Waals surface area contributed by atoms with Crippen LogP contribution >= 0.6 is 34.5 Å². The summed E-state index contributed by atoms with van der Waals surface area (Å²) in [5, 5.41) is 13.1. The highest BCUT2D eigenvalue weighted by Gasteiger charge is 2.11. The minimum atomic E-state index is -0.254. The van der Waals surface area contributed by atoms with Gasteiger partial charge in [0.2, 0.25) is 5.13 Å². The van der Waals surface area contributed by atoms with Gasteiger partial charge >= 0.3 is 0 Å². The van der Waals surface area contributed by atoms with Gasteiger partial charge in [0.25, 0.3) is 5.91 Å². The molecule has 1 amide bonds. The van der Waals surface area contributed by atoms with Gasteiger partial charge in [-0.3, -0.25) is 10.1 Å². The fourth-order valence-electron chi connectivity index (χ4n) is 1.75. The summed E-state index contributed by atoms with van der Waals surface area (Å²) in [6.45, 7) is 0. The second-order valence-electron chi connectivity index (χ2n) is 4.38. The van der Waals surface area contributed by atoms with Crippen LogP contribution < -0.4 is 5.32 Å². The summed E-state index contributed by atoms with van der Waals surface area (Å²) in [4.78, 5) is 12.1. The van der Waals surface area contributed by atoms with Crippen LogP contribution in [-0.2, 0) is 0 Å². The maximum Gasteiger partial charge on any atom is 0.257 e. The summed E-state index contributed by atoms with van der Waals surface area (Å²) in [7, 11) is 0. The first-order valence-corrected chi connectivity index (χ1v) is 7.85. The van der Waals surface area contributed by atoms with Gasteiger partial charge in [0.15, 0.2) is 0 Å². The summed E-state index contributed by atoms with van der Waals surface area (Å²) in [6.07, 6.45) is 0. The number of carbonyl (C=O) groups excluding carboxylic acids is 1. The van der Waals surface area contributed by atoms with E-state index in [9.17, 15) is 4.79 Å². The number of anilines is 1. The predicted molar refractivity (Wildman–Crippen MR) is 89.8 cm³/mol. The Kier molecular flexibility index (Phi) is 4.38. The van der Waals surface area contributed by atoms with E-state index in [0.717, 1.165) is 5.56 Å². The highest BCUT2D eigenvalue weighted by molar-refractivity contribution is 7.18. The third-order valence-electron chi connectivity index (χ3n) is 2.84. The van der Waals surface area contributed by atoms with Gasteiger partial charge in [0.1, 0.15) is 5.01 Å². The zero-order valence-corrected chi connectivity index (χ0v) is 13.4. The Hall–Kier alpha value is -1.95. The molecule has 0 fully saturated rings. The van der Waals surface area contributed by atoms with Crippen LogP contribution in [0.15, 0.2) is 48.5 Å². The minimum Gasteiger partial charge on any atom is -0.296 e. The fraction of sp³-hybridized carbons (Fsp3) is 0. The third kappa shape index (κ3) is 3.44. The van der Waals surface area contributed by atoms with Crippen LogP contribution in [0.1, 0.15) is 10.4 Å². The molecule has 1 heterocycles. The van der Waals surface area contributed by atoms with Gasteiger partial charge in [-0.1, -0.05) is 46.7 Å². The Balaban J connectivity index is 1.75. The fourth-order valence-corrected chi connectivity index (χ4v) is 2.75. The Morgan fingerprint density at radius 3 is 2.14 bits per heavy atom. The second kappa shape index (κ2) is 6.44. The van der Waals surface area contributed by atoms with Crippen LogP contribution in [0.5, 0.6) is 0 Å². The first kappa shape index (κ1) is 15.0. The number of aromatic nitrogens is 2. The quantitative estimate of drug-likeness (QED) is 0.741. The highest BCUT2D eigenvalue weighted by Crippen LogP contribution is 2.27. The molecule has 0 spiro atoms. The van der Waals surface area contributed by atoms with Crippen molar-refractivity contribution in [2.24, 2.45) is 0 Å². The van der Waals surface area contributed by atoms with Gasteiger partial charge in [0.05, 0.1) is 0 Å². The SMILES string of the molecule is O=C(Nc1nnc(-c2ccc(Cl)cc2)s1)c1ccc(Cl)cc1. The molecule has 0 aliphatic rings. The van der Waals surface area contributed by atoms with E-state index in [1.54, 1.807) is 36.4 Å². The molecule has 22 heavy (non-hydrogen) atoms. The van der Waals surface area contributed by atoms with Crippen molar-refractivity contribution in [3.05, 3.63) is 64.1 Å². The Labute approximate surface area is 140 Å². The smallest absolute Gasteiger partial charge is 0.257 e. The summed E-state index contributed by atoms with van der Waals surface area (Å²) in [6, 6.07) is 13.9. The number of nitrogens with one attached hydrogen (secondary N) is 1. The molecule has 0 bridgehead atoms. The molecule has 0 saturated carbocycles. The summed E-state index contributed by atoms with van der Waals surface area (Å²) < 4.78 is 0. The molecule has 3 rings (SSSR count). The lowest BCUT2D eigenvalue weighted by Crippen LogP contribution is -2.11. The van der Waals surface area contributed by atoms with Crippen molar-refractivity contribution in [1.82, 2.24) is 10.2 Å². The lowest BCUT2D eigenvalue weighted by Gasteiger charge is -2.00. The summed E-state index contributed by atoms with van der Waals surface area (Å²) in [5.74, 6) is -0.254. The zero-order chi connectivity index (χ0) is 15.5. The Morgan fingerprint density at radius 2 is 1.50 bits per heavy atom. The van der Waals surface area contributed by atoms with Crippen molar-refractivity contribution < 1.29 is 4.79 Å². The van der Waals surface area contributed by atoms with Gasteiger partial charge in [-0.15, -0.1) is 10.2 Å². The molecular formula is C15H9Cl2N3OS. The minimum absolute atomic E-state index is 0.254. The molecule has 4 nitrogen and oxygen atoms in total. The van der Waals surface area contributed by atoms with Gasteiger partial charge in [-0.25, -0.2) is 0 Å². The zero-order valence-electron chi connectivity index (χ0n) is 11.1. The van der Waals surface area contributed by atoms with E-state index >= 15 is 0 Å². The van der Waals surface area contributed by atoms with Crippen molar-refractivity contribution >= 4 is 45.6 Å². The maximum absolute atomic E-state index is 12.1. The molecule has 0 aliphatic heterocycles. The lowest BCUT2D eigenvalue weighted by atomic mass is 10.2. The van der Waals surface area contributed by atoms with E-state index in [0.29, 0.717) is 25.7 Å². The van der Waals surface area contributed by atoms with Crippen LogP contribution in [0.3, 0.4) is 0 Å². The van der Waals surface area contributed by atoms with Gasteiger partial charge in [0, 0.05) is 21.2 Å². The molecule has 1 N–H and O–H groups in total. The molecule has 0 aliphatic carbocycles. The average Bonchev–Trinajstić information content (AvgIpc) is 2.97. The van der Waals surface area contributed by atoms with E-state index in [-0.39, 0.29) is 5.91 Å².